The van der Waals surface area contributed by atoms with Crippen LogP contribution in [0.2, 0.25) is 0 Å². The molecule has 0 radical (unpaired) electrons. The molecule has 2 aromatic carbocycles. The van der Waals surface area contributed by atoms with Gasteiger partial charge >= 0.3 is 0 Å². The first-order chi connectivity index (χ1) is 15.9. The van der Waals surface area contributed by atoms with Gasteiger partial charge in [0, 0.05) is 18.1 Å². The normalized spacial score (nSPS) is 11.6. The molecule has 0 amide bonds. The van der Waals surface area contributed by atoms with Gasteiger partial charge in [0.15, 0.2) is 0 Å². The monoisotopic (exact) mass is 442 g/mol. The summed E-state index contributed by atoms with van der Waals surface area (Å²) >= 11 is 0. The van der Waals surface area contributed by atoms with Gasteiger partial charge in [0.05, 0.1) is 35.3 Å². The van der Waals surface area contributed by atoms with Crippen LogP contribution in [-0.2, 0) is 13.1 Å². The number of benzene rings is 2. The SMILES string of the molecule is CN(C)Cc1ccc(CN(C)c2ccc3nc(-c4c(N)c5ccccc5[nH]c4=O)[nH]c3c2)o1. The molecule has 3 heterocycles. The van der Waals surface area contributed by atoms with E-state index in [-0.39, 0.29) is 5.56 Å². The molecule has 8 nitrogen and oxygen atoms in total. The van der Waals surface area contributed by atoms with Crippen LogP contribution in [0.1, 0.15) is 11.5 Å². The van der Waals surface area contributed by atoms with Crippen molar-refractivity contribution in [2.75, 3.05) is 31.8 Å². The number of hydrogen-bond acceptors (Lipinski definition) is 6. The predicted octanol–water partition coefficient (Wildman–Crippen LogP) is 3.94. The van der Waals surface area contributed by atoms with E-state index in [2.05, 4.69) is 24.8 Å². The molecule has 0 aliphatic carbocycles. The van der Waals surface area contributed by atoms with E-state index in [0.29, 0.717) is 29.1 Å². The number of pyridine rings is 1. The molecular weight excluding hydrogens is 416 g/mol. The van der Waals surface area contributed by atoms with Crippen molar-refractivity contribution >= 4 is 33.3 Å². The Kier molecular flexibility index (Phi) is 5.14. The number of nitrogens with zero attached hydrogens (tertiary/aromatic N) is 3. The zero-order valence-corrected chi connectivity index (χ0v) is 18.8. The number of hydrogen-bond donors (Lipinski definition) is 3. The van der Waals surface area contributed by atoms with E-state index in [1.165, 1.54) is 0 Å². The van der Waals surface area contributed by atoms with E-state index in [1.54, 1.807) is 0 Å². The minimum Gasteiger partial charge on any atom is -0.463 e. The summed E-state index contributed by atoms with van der Waals surface area (Å²) in [6, 6.07) is 17.5. The van der Waals surface area contributed by atoms with Gasteiger partial charge in [-0.3, -0.25) is 4.79 Å². The molecule has 168 valence electrons. The Morgan fingerprint density at radius 2 is 1.70 bits per heavy atom. The summed E-state index contributed by atoms with van der Waals surface area (Å²) < 4.78 is 5.94. The van der Waals surface area contributed by atoms with Crippen molar-refractivity contribution in [2.45, 2.75) is 13.1 Å². The largest absolute Gasteiger partial charge is 0.463 e. The number of nitrogens with one attached hydrogen (secondary N) is 2. The molecule has 0 aliphatic heterocycles. The van der Waals surface area contributed by atoms with E-state index >= 15 is 0 Å². The Morgan fingerprint density at radius 1 is 0.939 bits per heavy atom. The first kappa shape index (κ1) is 20.8. The van der Waals surface area contributed by atoms with Gasteiger partial charge in [0.25, 0.3) is 5.56 Å². The molecule has 3 aromatic heterocycles. The lowest BCUT2D eigenvalue weighted by Gasteiger charge is -2.18. The second-order valence-electron chi connectivity index (χ2n) is 8.54. The molecule has 0 atom stereocenters. The fraction of sp³-hybridized carbons (Fsp3) is 0.200. The zero-order chi connectivity index (χ0) is 23.1. The number of rotatable bonds is 6. The van der Waals surface area contributed by atoms with Gasteiger partial charge in [-0.15, -0.1) is 0 Å². The molecule has 5 rings (SSSR count). The highest BCUT2D eigenvalue weighted by molar-refractivity contribution is 5.97. The van der Waals surface area contributed by atoms with Crippen LogP contribution in [0.3, 0.4) is 0 Å². The zero-order valence-electron chi connectivity index (χ0n) is 18.8. The molecule has 8 heteroatoms. The van der Waals surface area contributed by atoms with Gasteiger partial charge in [-0.25, -0.2) is 4.98 Å². The summed E-state index contributed by atoms with van der Waals surface area (Å²) in [5.74, 6) is 2.29. The highest BCUT2D eigenvalue weighted by Gasteiger charge is 2.16. The van der Waals surface area contributed by atoms with E-state index in [1.807, 2.05) is 75.7 Å². The van der Waals surface area contributed by atoms with Gasteiger partial charge in [0.2, 0.25) is 0 Å². The molecule has 0 saturated heterocycles. The van der Waals surface area contributed by atoms with Crippen LogP contribution in [0, 0.1) is 0 Å². The number of nitrogen functional groups attached to an aromatic ring is 1. The van der Waals surface area contributed by atoms with Crippen molar-refractivity contribution in [2.24, 2.45) is 0 Å². The average molecular weight is 443 g/mol. The number of anilines is 2. The maximum absolute atomic E-state index is 12.8. The summed E-state index contributed by atoms with van der Waals surface area (Å²) in [5.41, 5.74) is 10.2. The van der Waals surface area contributed by atoms with E-state index in [4.69, 9.17) is 10.2 Å². The Bertz CT molecular complexity index is 1510. The van der Waals surface area contributed by atoms with Crippen molar-refractivity contribution in [3.8, 4) is 11.4 Å². The fourth-order valence-electron chi connectivity index (χ4n) is 4.09. The maximum Gasteiger partial charge on any atom is 0.261 e. The number of nitrogens with two attached hydrogens (primary N) is 1. The van der Waals surface area contributed by atoms with Gasteiger partial charge in [-0.05, 0) is 50.5 Å². The summed E-state index contributed by atoms with van der Waals surface area (Å²) in [7, 11) is 6.04. The number of aromatic amines is 2. The average Bonchev–Trinajstić information content (AvgIpc) is 3.39. The molecular formula is C25H26N6O2. The molecule has 0 bridgehead atoms. The molecule has 33 heavy (non-hydrogen) atoms. The van der Waals surface area contributed by atoms with Crippen LogP contribution in [-0.4, -0.2) is 41.0 Å². The Balaban J connectivity index is 1.45. The quantitative estimate of drug-likeness (QED) is 0.368. The lowest BCUT2D eigenvalue weighted by molar-refractivity contribution is 0.341. The van der Waals surface area contributed by atoms with Crippen LogP contribution >= 0.6 is 0 Å². The first-order valence-electron chi connectivity index (χ1n) is 10.7. The minimum absolute atomic E-state index is 0.269. The van der Waals surface area contributed by atoms with Gasteiger partial charge in [0.1, 0.15) is 22.9 Å². The van der Waals surface area contributed by atoms with Crippen molar-refractivity contribution in [3.63, 3.8) is 0 Å². The topological polar surface area (TPSA) is 107 Å². The van der Waals surface area contributed by atoms with E-state index in [9.17, 15) is 4.79 Å². The van der Waals surface area contributed by atoms with Gasteiger partial charge in [-0.2, -0.15) is 0 Å². The van der Waals surface area contributed by atoms with Crippen molar-refractivity contribution < 1.29 is 4.42 Å². The van der Waals surface area contributed by atoms with Gasteiger partial charge < -0.3 is 29.9 Å². The molecule has 4 N–H and O–H groups in total. The molecule has 0 unspecified atom stereocenters. The number of imidazole rings is 1. The summed E-state index contributed by atoms with van der Waals surface area (Å²) in [5, 5.41) is 0.792. The number of H-pyrrole nitrogens is 2. The van der Waals surface area contributed by atoms with Gasteiger partial charge in [-0.1, -0.05) is 18.2 Å². The summed E-state index contributed by atoms with van der Waals surface area (Å²) in [6.07, 6.45) is 0. The Hall–Kier alpha value is -4.04. The second kappa shape index (κ2) is 8.14. The van der Waals surface area contributed by atoms with Crippen LogP contribution in [0.15, 0.2) is 63.8 Å². The lowest BCUT2D eigenvalue weighted by Crippen LogP contribution is -2.15. The molecule has 0 fully saturated rings. The second-order valence-corrected chi connectivity index (χ2v) is 8.54. The third-order valence-electron chi connectivity index (χ3n) is 5.69. The van der Waals surface area contributed by atoms with Crippen molar-refractivity contribution in [1.82, 2.24) is 19.9 Å². The molecule has 5 aromatic rings. The number of fused-ring (bicyclic) bond motifs is 2. The number of aromatic nitrogens is 3. The summed E-state index contributed by atoms with van der Waals surface area (Å²) in [4.78, 5) is 27.7. The molecule has 0 aliphatic rings. The third-order valence-corrected chi connectivity index (χ3v) is 5.69. The van der Waals surface area contributed by atoms with Crippen molar-refractivity contribution in [1.29, 1.82) is 0 Å². The van der Waals surface area contributed by atoms with E-state index in [0.717, 1.165) is 40.2 Å². The predicted molar refractivity (Wildman–Crippen MR) is 132 cm³/mol. The Morgan fingerprint density at radius 3 is 2.48 bits per heavy atom. The standard InChI is InChI=1S/C25H26N6O2/c1-30(2)13-16-9-10-17(33-16)14-31(3)15-8-11-20-21(12-15)28-24(27-20)22-23(26)18-6-4-5-7-19(18)29-25(22)32/h4-12H,13-14H2,1-3H3,(H,27,28)(H3,26,29,32). The lowest BCUT2D eigenvalue weighted by atomic mass is 10.1. The summed E-state index contributed by atoms with van der Waals surface area (Å²) in [6.45, 7) is 1.40. The minimum atomic E-state index is -0.269. The van der Waals surface area contributed by atoms with Crippen molar-refractivity contribution in [3.05, 3.63) is 76.5 Å². The smallest absolute Gasteiger partial charge is 0.261 e. The van der Waals surface area contributed by atoms with E-state index < -0.39 is 0 Å². The van der Waals surface area contributed by atoms with Crippen LogP contribution in [0.25, 0.3) is 33.3 Å². The Labute approximate surface area is 190 Å². The number of furan rings is 1. The maximum atomic E-state index is 12.8. The highest BCUT2D eigenvalue weighted by Crippen LogP contribution is 2.29. The molecule has 0 saturated carbocycles. The first-order valence-corrected chi connectivity index (χ1v) is 10.7. The van der Waals surface area contributed by atoms with Crippen LogP contribution < -0.4 is 16.2 Å². The molecule has 0 spiro atoms. The highest BCUT2D eigenvalue weighted by atomic mass is 16.3. The fourth-order valence-corrected chi connectivity index (χ4v) is 4.09. The third kappa shape index (κ3) is 3.96. The van der Waals surface area contributed by atoms with Crippen LogP contribution in [0.4, 0.5) is 11.4 Å². The van der Waals surface area contributed by atoms with Crippen LogP contribution in [0.5, 0.6) is 0 Å². The number of para-hydroxylation sites is 1.